The number of carbonyl (C=O) groups is 1. The molecular formula is C21H25N3O2. The Morgan fingerprint density at radius 2 is 1.85 bits per heavy atom. The van der Waals surface area contributed by atoms with Crippen LogP contribution in [-0.4, -0.2) is 53.0 Å². The summed E-state index contributed by atoms with van der Waals surface area (Å²) < 4.78 is 5.58. The van der Waals surface area contributed by atoms with Crippen molar-refractivity contribution in [2.45, 2.75) is 25.4 Å². The largest absolute Gasteiger partial charge is 0.484 e. The Hall–Kier alpha value is -2.40. The monoisotopic (exact) mass is 351 g/mol. The second-order valence-electron chi connectivity index (χ2n) is 7.28. The minimum atomic E-state index is 0.0698. The van der Waals surface area contributed by atoms with Crippen molar-refractivity contribution in [1.29, 1.82) is 0 Å². The number of ether oxygens (including phenoxy) is 1. The fraction of sp³-hybridized carbons (Fsp3) is 0.429. The number of amides is 1. The highest BCUT2D eigenvalue weighted by Gasteiger charge is 2.37. The van der Waals surface area contributed by atoms with Crippen molar-refractivity contribution in [2.75, 3.05) is 26.2 Å². The van der Waals surface area contributed by atoms with Gasteiger partial charge in [0.1, 0.15) is 5.75 Å². The van der Waals surface area contributed by atoms with E-state index < -0.39 is 0 Å². The maximum atomic E-state index is 12.3. The van der Waals surface area contributed by atoms with Crippen LogP contribution in [0.1, 0.15) is 18.4 Å². The summed E-state index contributed by atoms with van der Waals surface area (Å²) in [7, 11) is 0. The molecule has 26 heavy (non-hydrogen) atoms. The molecule has 1 aromatic heterocycles. The molecule has 1 aliphatic heterocycles. The molecule has 5 heteroatoms. The molecule has 2 heterocycles. The minimum Gasteiger partial charge on any atom is -0.484 e. The molecule has 1 aliphatic carbocycles. The average Bonchev–Trinajstić information content (AvgIpc) is 3.44. The van der Waals surface area contributed by atoms with Crippen LogP contribution in [0.2, 0.25) is 0 Å². The van der Waals surface area contributed by atoms with Crippen molar-refractivity contribution >= 4 is 5.91 Å². The first-order valence-electron chi connectivity index (χ1n) is 9.36. The average molecular weight is 351 g/mol. The topological polar surface area (TPSA) is 45.7 Å². The highest BCUT2D eigenvalue weighted by Crippen LogP contribution is 2.32. The van der Waals surface area contributed by atoms with Gasteiger partial charge >= 0.3 is 0 Å². The quantitative estimate of drug-likeness (QED) is 0.733. The molecule has 0 unspecified atom stereocenters. The summed E-state index contributed by atoms with van der Waals surface area (Å²) in [5.74, 6) is 1.65. The normalized spacial score (nSPS) is 17.2. The zero-order valence-corrected chi connectivity index (χ0v) is 15.0. The predicted molar refractivity (Wildman–Crippen MR) is 99.7 cm³/mol. The van der Waals surface area contributed by atoms with E-state index in [1.54, 1.807) is 0 Å². The Balaban J connectivity index is 1.27. The van der Waals surface area contributed by atoms with Crippen molar-refractivity contribution in [3.63, 3.8) is 0 Å². The number of hydrogen-bond donors (Lipinski definition) is 0. The fourth-order valence-electron chi connectivity index (χ4n) is 3.34. The Morgan fingerprint density at radius 1 is 1.12 bits per heavy atom. The number of rotatable bonds is 8. The number of carbonyl (C=O) groups excluding carboxylic acids is 1. The Kier molecular flexibility index (Phi) is 5.16. The first-order valence-corrected chi connectivity index (χ1v) is 9.36. The van der Waals surface area contributed by atoms with E-state index in [4.69, 9.17) is 4.74 Å². The Labute approximate surface area is 154 Å². The third-order valence-electron chi connectivity index (χ3n) is 5.16. The molecule has 2 aromatic rings. The molecule has 1 aromatic carbocycles. The highest BCUT2D eigenvalue weighted by atomic mass is 16.5. The van der Waals surface area contributed by atoms with Crippen molar-refractivity contribution < 1.29 is 9.53 Å². The summed E-state index contributed by atoms with van der Waals surface area (Å²) >= 11 is 0. The molecule has 0 radical (unpaired) electrons. The summed E-state index contributed by atoms with van der Waals surface area (Å²) in [6, 6.07) is 14.1. The van der Waals surface area contributed by atoms with E-state index in [0.717, 1.165) is 37.8 Å². The van der Waals surface area contributed by atoms with Gasteiger partial charge in [-0.05, 0) is 48.6 Å². The van der Waals surface area contributed by atoms with Gasteiger partial charge in [0, 0.05) is 44.6 Å². The molecule has 1 saturated carbocycles. The SMILES string of the molecule is O=C(COc1ccccc1)N1CC(N(Cc2ccncc2)CC2CC2)C1. The summed E-state index contributed by atoms with van der Waals surface area (Å²) in [4.78, 5) is 20.9. The van der Waals surface area contributed by atoms with Gasteiger partial charge in [-0.2, -0.15) is 0 Å². The molecule has 5 nitrogen and oxygen atoms in total. The second-order valence-corrected chi connectivity index (χ2v) is 7.28. The van der Waals surface area contributed by atoms with Gasteiger partial charge in [-0.1, -0.05) is 18.2 Å². The van der Waals surface area contributed by atoms with Crippen LogP contribution in [0.3, 0.4) is 0 Å². The number of benzene rings is 1. The minimum absolute atomic E-state index is 0.0698. The van der Waals surface area contributed by atoms with E-state index in [1.165, 1.54) is 18.4 Å². The summed E-state index contributed by atoms with van der Waals surface area (Å²) in [5.41, 5.74) is 1.29. The lowest BCUT2D eigenvalue weighted by Crippen LogP contribution is -2.61. The van der Waals surface area contributed by atoms with Crippen LogP contribution in [0.15, 0.2) is 54.9 Å². The van der Waals surface area contributed by atoms with Crippen LogP contribution in [0, 0.1) is 5.92 Å². The van der Waals surface area contributed by atoms with Gasteiger partial charge in [-0.3, -0.25) is 14.7 Å². The van der Waals surface area contributed by atoms with E-state index in [9.17, 15) is 4.79 Å². The highest BCUT2D eigenvalue weighted by molar-refractivity contribution is 5.78. The third-order valence-corrected chi connectivity index (χ3v) is 5.16. The van der Waals surface area contributed by atoms with Crippen molar-refractivity contribution in [3.8, 4) is 5.75 Å². The smallest absolute Gasteiger partial charge is 0.260 e. The molecule has 0 spiro atoms. The molecule has 0 atom stereocenters. The Bertz CT molecular complexity index is 713. The molecule has 0 bridgehead atoms. The van der Waals surface area contributed by atoms with Crippen LogP contribution in [0.5, 0.6) is 5.75 Å². The summed E-state index contributed by atoms with van der Waals surface area (Å²) in [6.07, 6.45) is 6.38. The van der Waals surface area contributed by atoms with E-state index in [-0.39, 0.29) is 12.5 Å². The van der Waals surface area contributed by atoms with Crippen molar-refractivity contribution in [1.82, 2.24) is 14.8 Å². The molecule has 136 valence electrons. The van der Waals surface area contributed by atoms with Gasteiger partial charge in [0.25, 0.3) is 5.91 Å². The van der Waals surface area contributed by atoms with Crippen LogP contribution in [0.4, 0.5) is 0 Å². The fourth-order valence-corrected chi connectivity index (χ4v) is 3.34. The van der Waals surface area contributed by atoms with Crippen LogP contribution in [-0.2, 0) is 11.3 Å². The molecule has 1 amide bonds. The first-order chi connectivity index (χ1) is 12.8. The number of nitrogens with zero attached hydrogens (tertiary/aromatic N) is 3. The summed E-state index contributed by atoms with van der Waals surface area (Å²) in [6.45, 7) is 3.79. The van der Waals surface area contributed by atoms with Crippen molar-refractivity contribution in [3.05, 3.63) is 60.4 Å². The standard InChI is InChI=1S/C21H25N3O2/c25-21(16-26-20-4-2-1-3-5-20)24-14-19(15-24)23(12-17-6-7-17)13-18-8-10-22-11-9-18/h1-5,8-11,17,19H,6-7,12-16H2. The predicted octanol–water partition coefficient (Wildman–Crippen LogP) is 2.58. The zero-order chi connectivity index (χ0) is 17.8. The molecule has 1 saturated heterocycles. The number of para-hydroxylation sites is 1. The maximum absolute atomic E-state index is 12.3. The Morgan fingerprint density at radius 3 is 2.54 bits per heavy atom. The van der Waals surface area contributed by atoms with Crippen LogP contribution < -0.4 is 4.74 Å². The summed E-state index contributed by atoms with van der Waals surface area (Å²) in [5, 5.41) is 0. The lowest BCUT2D eigenvalue weighted by atomic mass is 10.1. The van der Waals surface area contributed by atoms with Gasteiger partial charge in [-0.25, -0.2) is 0 Å². The van der Waals surface area contributed by atoms with Gasteiger partial charge in [-0.15, -0.1) is 0 Å². The molecule has 2 fully saturated rings. The van der Waals surface area contributed by atoms with Crippen LogP contribution in [0.25, 0.3) is 0 Å². The zero-order valence-electron chi connectivity index (χ0n) is 15.0. The lowest BCUT2D eigenvalue weighted by molar-refractivity contribution is -0.141. The second kappa shape index (κ2) is 7.87. The number of hydrogen-bond acceptors (Lipinski definition) is 4. The van der Waals surface area contributed by atoms with Gasteiger partial charge < -0.3 is 9.64 Å². The maximum Gasteiger partial charge on any atom is 0.260 e. The third kappa shape index (κ3) is 4.41. The molecule has 2 aliphatic rings. The molecule has 4 rings (SSSR count). The lowest BCUT2D eigenvalue weighted by Gasteiger charge is -2.45. The first kappa shape index (κ1) is 17.0. The van der Waals surface area contributed by atoms with Crippen LogP contribution >= 0.6 is 0 Å². The number of aromatic nitrogens is 1. The van der Waals surface area contributed by atoms with E-state index >= 15 is 0 Å². The van der Waals surface area contributed by atoms with E-state index in [1.807, 2.05) is 47.6 Å². The molecular weight excluding hydrogens is 326 g/mol. The van der Waals surface area contributed by atoms with E-state index in [0.29, 0.717) is 6.04 Å². The van der Waals surface area contributed by atoms with Gasteiger partial charge in [0.05, 0.1) is 0 Å². The van der Waals surface area contributed by atoms with Crippen molar-refractivity contribution in [2.24, 2.45) is 5.92 Å². The van der Waals surface area contributed by atoms with Gasteiger partial charge in [0.2, 0.25) is 0 Å². The van der Waals surface area contributed by atoms with Gasteiger partial charge in [0.15, 0.2) is 6.61 Å². The number of pyridine rings is 1. The molecule has 0 N–H and O–H groups in total. The van der Waals surface area contributed by atoms with E-state index in [2.05, 4.69) is 22.0 Å². The number of likely N-dealkylation sites (tertiary alicyclic amines) is 1.